The van der Waals surface area contributed by atoms with Gasteiger partial charge in [-0.3, -0.25) is 4.90 Å². The monoisotopic (exact) mass is 281 g/mol. The molecule has 1 aliphatic heterocycles. The van der Waals surface area contributed by atoms with E-state index in [1.807, 2.05) is 0 Å². The van der Waals surface area contributed by atoms with Gasteiger partial charge in [0, 0.05) is 31.6 Å². The summed E-state index contributed by atoms with van der Waals surface area (Å²) in [6, 6.07) is 0.719. The molecule has 0 radical (unpaired) electrons. The summed E-state index contributed by atoms with van der Waals surface area (Å²) in [5.41, 5.74) is 1.15. The molecule has 1 saturated heterocycles. The molecule has 1 aliphatic carbocycles. The molecule has 19 heavy (non-hydrogen) atoms. The maximum absolute atomic E-state index is 9.93. The highest BCUT2D eigenvalue weighted by Crippen LogP contribution is 2.32. The molecule has 1 aromatic rings. The van der Waals surface area contributed by atoms with Gasteiger partial charge >= 0.3 is 0 Å². The third-order valence-corrected chi connectivity index (χ3v) is 5.30. The second-order valence-corrected chi connectivity index (χ2v) is 6.87. The molecule has 106 valence electrons. The molecule has 0 amide bonds. The van der Waals surface area contributed by atoms with Gasteiger partial charge in [-0.15, -0.1) is 11.3 Å². The van der Waals surface area contributed by atoms with Crippen LogP contribution in [0.25, 0.3) is 0 Å². The molecule has 0 spiro atoms. The summed E-state index contributed by atoms with van der Waals surface area (Å²) in [5, 5.41) is 13.2. The van der Waals surface area contributed by atoms with Crippen LogP contribution < -0.4 is 4.90 Å². The van der Waals surface area contributed by atoms with Crippen molar-refractivity contribution >= 4 is 16.5 Å². The number of hydrogen-bond acceptors (Lipinski definition) is 5. The van der Waals surface area contributed by atoms with Gasteiger partial charge in [0.15, 0.2) is 5.13 Å². The second-order valence-electron chi connectivity index (χ2n) is 6.03. The summed E-state index contributed by atoms with van der Waals surface area (Å²) in [6.45, 7) is 4.86. The molecule has 2 atom stereocenters. The zero-order chi connectivity index (χ0) is 13.4. The maximum atomic E-state index is 9.93. The van der Waals surface area contributed by atoms with E-state index >= 15 is 0 Å². The minimum absolute atomic E-state index is 0.180. The van der Waals surface area contributed by atoms with E-state index in [0.717, 1.165) is 42.9 Å². The number of rotatable bonds is 4. The van der Waals surface area contributed by atoms with Crippen LogP contribution in [0, 0.1) is 5.92 Å². The Hall–Kier alpha value is -0.650. The minimum Gasteiger partial charge on any atom is -0.392 e. The Balaban J connectivity index is 1.57. The lowest BCUT2D eigenvalue weighted by atomic mass is 9.96. The second kappa shape index (κ2) is 5.38. The molecule has 4 nitrogen and oxygen atoms in total. The van der Waals surface area contributed by atoms with E-state index in [0.29, 0.717) is 5.92 Å². The van der Waals surface area contributed by atoms with Gasteiger partial charge in [0.25, 0.3) is 0 Å². The summed E-state index contributed by atoms with van der Waals surface area (Å²) in [7, 11) is 2.15. The van der Waals surface area contributed by atoms with Crippen molar-refractivity contribution in [3.8, 4) is 0 Å². The maximum Gasteiger partial charge on any atom is 0.185 e. The SMILES string of the molecule is CC1CCN(Cc2csc(N(C)C3CC3)n2)CC1O. The van der Waals surface area contributed by atoms with Crippen molar-refractivity contribution in [1.29, 1.82) is 0 Å². The summed E-state index contributed by atoms with van der Waals surface area (Å²) in [4.78, 5) is 9.36. The van der Waals surface area contributed by atoms with Crippen molar-refractivity contribution in [1.82, 2.24) is 9.88 Å². The first kappa shape index (κ1) is 13.3. The van der Waals surface area contributed by atoms with Crippen LogP contribution in [0.3, 0.4) is 0 Å². The van der Waals surface area contributed by atoms with Gasteiger partial charge < -0.3 is 10.0 Å². The minimum atomic E-state index is -0.180. The Morgan fingerprint density at radius 1 is 1.47 bits per heavy atom. The van der Waals surface area contributed by atoms with E-state index < -0.39 is 0 Å². The quantitative estimate of drug-likeness (QED) is 0.915. The Morgan fingerprint density at radius 2 is 2.26 bits per heavy atom. The fourth-order valence-corrected chi connectivity index (χ4v) is 3.49. The zero-order valence-electron chi connectivity index (χ0n) is 11.7. The van der Waals surface area contributed by atoms with Crippen LogP contribution in [0.15, 0.2) is 5.38 Å². The number of aliphatic hydroxyl groups is 1. The average molecular weight is 281 g/mol. The number of β-amino-alcohol motifs (C(OH)–C–C–N with tert-alkyl or cyclic N) is 1. The third-order valence-electron chi connectivity index (χ3n) is 4.32. The molecule has 5 heteroatoms. The van der Waals surface area contributed by atoms with Gasteiger partial charge in [-0.05, 0) is 31.7 Å². The number of likely N-dealkylation sites (tertiary alicyclic amines) is 1. The van der Waals surface area contributed by atoms with E-state index in [-0.39, 0.29) is 6.10 Å². The van der Waals surface area contributed by atoms with Crippen LogP contribution in [0.5, 0.6) is 0 Å². The zero-order valence-corrected chi connectivity index (χ0v) is 12.6. The highest BCUT2D eigenvalue weighted by molar-refractivity contribution is 7.13. The molecule has 2 unspecified atom stereocenters. The summed E-state index contributed by atoms with van der Waals surface area (Å²) in [5.74, 6) is 0.434. The Bertz CT molecular complexity index is 432. The van der Waals surface area contributed by atoms with Crippen molar-refractivity contribution in [3.05, 3.63) is 11.1 Å². The Labute approximate surface area is 119 Å². The number of aliphatic hydroxyl groups excluding tert-OH is 1. The molecule has 1 saturated carbocycles. The molecular weight excluding hydrogens is 258 g/mol. The lowest BCUT2D eigenvalue weighted by Crippen LogP contribution is -2.42. The molecule has 0 aromatic carbocycles. The lowest BCUT2D eigenvalue weighted by molar-refractivity contribution is 0.0255. The van der Waals surface area contributed by atoms with Crippen LogP contribution in [-0.4, -0.2) is 47.3 Å². The van der Waals surface area contributed by atoms with E-state index in [4.69, 9.17) is 4.98 Å². The largest absolute Gasteiger partial charge is 0.392 e. The lowest BCUT2D eigenvalue weighted by Gasteiger charge is -2.33. The highest BCUT2D eigenvalue weighted by atomic mass is 32.1. The Morgan fingerprint density at radius 3 is 2.95 bits per heavy atom. The summed E-state index contributed by atoms with van der Waals surface area (Å²) >= 11 is 1.74. The van der Waals surface area contributed by atoms with Crippen LogP contribution in [0.4, 0.5) is 5.13 Å². The molecule has 2 aliphatic rings. The van der Waals surface area contributed by atoms with Crippen LogP contribution in [-0.2, 0) is 6.54 Å². The molecule has 3 rings (SSSR count). The molecule has 0 bridgehead atoms. The summed E-state index contributed by atoms with van der Waals surface area (Å²) in [6.07, 6.45) is 3.52. The fraction of sp³-hybridized carbons (Fsp3) is 0.786. The average Bonchev–Trinajstić information content (AvgIpc) is 3.14. The van der Waals surface area contributed by atoms with Crippen LogP contribution in [0.1, 0.15) is 31.9 Å². The Kier molecular flexibility index (Phi) is 3.78. The van der Waals surface area contributed by atoms with Gasteiger partial charge in [0.1, 0.15) is 0 Å². The van der Waals surface area contributed by atoms with Crippen LogP contribution in [0.2, 0.25) is 0 Å². The first-order chi connectivity index (χ1) is 9.13. The number of hydrogen-bond donors (Lipinski definition) is 1. The van der Waals surface area contributed by atoms with Crippen LogP contribution >= 0.6 is 11.3 Å². The van der Waals surface area contributed by atoms with Gasteiger partial charge in [-0.2, -0.15) is 0 Å². The first-order valence-corrected chi connectivity index (χ1v) is 8.09. The van der Waals surface area contributed by atoms with Crippen molar-refractivity contribution in [2.45, 2.75) is 44.9 Å². The normalized spacial score (nSPS) is 28.6. The summed E-state index contributed by atoms with van der Waals surface area (Å²) < 4.78 is 0. The number of piperidine rings is 1. The van der Waals surface area contributed by atoms with Gasteiger partial charge in [-0.25, -0.2) is 4.98 Å². The highest BCUT2D eigenvalue weighted by Gasteiger charge is 2.28. The van der Waals surface area contributed by atoms with Crippen molar-refractivity contribution < 1.29 is 5.11 Å². The smallest absolute Gasteiger partial charge is 0.185 e. The standard InChI is InChI=1S/C14H23N3OS/c1-10-5-6-17(8-13(10)18)7-11-9-19-14(15-11)16(2)12-3-4-12/h9-10,12-13,18H,3-8H2,1-2H3. The first-order valence-electron chi connectivity index (χ1n) is 7.21. The number of nitrogens with zero attached hydrogens (tertiary/aromatic N) is 3. The van der Waals surface area contributed by atoms with Crippen molar-refractivity contribution in [2.75, 3.05) is 25.0 Å². The molecule has 1 N–H and O–H groups in total. The van der Waals surface area contributed by atoms with E-state index in [2.05, 4.69) is 29.2 Å². The number of aromatic nitrogens is 1. The predicted octanol–water partition coefficient (Wildman–Crippen LogP) is 1.94. The topological polar surface area (TPSA) is 39.6 Å². The van der Waals surface area contributed by atoms with Gasteiger partial charge in [0.2, 0.25) is 0 Å². The third kappa shape index (κ3) is 3.09. The number of anilines is 1. The van der Waals surface area contributed by atoms with E-state index in [1.165, 1.54) is 12.8 Å². The van der Waals surface area contributed by atoms with Crippen molar-refractivity contribution in [3.63, 3.8) is 0 Å². The van der Waals surface area contributed by atoms with E-state index in [9.17, 15) is 5.11 Å². The molecular formula is C14H23N3OS. The van der Waals surface area contributed by atoms with Gasteiger partial charge in [-0.1, -0.05) is 6.92 Å². The molecule has 2 fully saturated rings. The number of thiazole rings is 1. The molecule has 2 heterocycles. The fourth-order valence-electron chi connectivity index (χ4n) is 2.64. The van der Waals surface area contributed by atoms with Gasteiger partial charge in [0.05, 0.1) is 11.8 Å². The molecule has 1 aromatic heterocycles. The predicted molar refractivity (Wildman–Crippen MR) is 78.6 cm³/mol. The van der Waals surface area contributed by atoms with Crippen molar-refractivity contribution in [2.24, 2.45) is 5.92 Å². The van der Waals surface area contributed by atoms with E-state index in [1.54, 1.807) is 11.3 Å².